The third kappa shape index (κ3) is 2.36. The Morgan fingerprint density at radius 1 is 1.14 bits per heavy atom. The zero-order valence-corrected chi connectivity index (χ0v) is 12.6. The van der Waals surface area contributed by atoms with Crippen LogP contribution in [0.4, 0.5) is 0 Å². The van der Waals surface area contributed by atoms with Crippen molar-refractivity contribution < 1.29 is 4.79 Å². The molecule has 1 amide bonds. The molecular formula is C16H24N4O. The third-order valence-electron chi connectivity index (χ3n) is 5.82. The Hall–Kier alpha value is -1.39. The maximum atomic E-state index is 12.4. The summed E-state index contributed by atoms with van der Waals surface area (Å²) in [6.45, 7) is 1.71. The molecule has 2 aliphatic carbocycles. The van der Waals surface area contributed by atoms with Crippen LogP contribution in [0.3, 0.4) is 0 Å². The fraction of sp³-hybridized carbons (Fsp3) is 0.812. The van der Waals surface area contributed by atoms with E-state index < -0.39 is 0 Å². The number of hydrogen-bond donors (Lipinski definition) is 1. The molecule has 0 radical (unpaired) electrons. The van der Waals surface area contributed by atoms with Crippen LogP contribution in [0.2, 0.25) is 0 Å². The van der Waals surface area contributed by atoms with Gasteiger partial charge in [-0.3, -0.25) is 4.79 Å². The van der Waals surface area contributed by atoms with Crippen LogP contribution in [0.1, 0.15) is 61.4 Å². The summed E-state index contributed by atoms with van der Waals surface area (Å²) in [6, 6.07) is 0. The molecule has 2 fully saturated rings. The Kier molecular flexibility index (Phi) is 3.43. The smallest absolute Gasteiger partial charge is 0.289 e. The summed E-state index contributed by atoms with van der Waals surface area (Å²) < 4.78 is 2.01. The molecule has 1 N–H and O–H groups in total. The van der Waals surface area contributed by atoms with Crippen LogP contribution in [0.5, 0.6) is 0 Å². The first-order valence-corrected chi connectivity index (χ1v) is 8.53. The number of nitrogens with zero attached hydrogens (tertiary/aromatic N) is 3. The van der Waals surface area contributed by atoms with Crippen molar-refractivity contribution in [1.29, 1.82) is 0 Å². The Balaban J connectivity index is 1.39. The molecule has 0 aromatic carbocycles. The van der Waals surface area contributed by atoms with Crippen molar-refractivity contribution in [3.8, 4) is 0 Å². The van der Waals surface area contributed by atoms with Gasteiger partial charge in [0.2, 0.25) is 5.82 Å². The number of aryl methyl sites for hydroxylation is 1. The highest BCUT2D eigenvalue weighted by Crippen LogP contribution is 2.47. The van der Waals surface area contributed by atoms with Gasteiger partial charge in [0.05, 0.1) is 0 Å². The fourth-order valence-corrected chi connectivity index (χ4v) is 4.72. The first-order valence-electron chi connectivity index (χ1n) is 8.53. The molecule has 0 spiro atoms. The van der Waals surface area contributed by atoms with Gasteiger partial charge in [0.1, 0.15) is 5.82 Å². The first-order chi connectivity index (χ1) is 10.3. The van der Waals surface area contributed by atoms with Crippen LogP contribution in [-0.4, -0.2) is 27.2 Å². The number of carbonyl (C=O) groups is 1. The second-order valence-corrected chi connectivity index (χ2v) is 6.95. The predicted molar refractivity (Wildman–Crippen MR) is 78.8 cm³/mol. The molecule has 0 saturated heterocycles. The van der Waals surface area contributed by atoms with E-state index in [1.54, 1.807) is 0 Å². The van der Waals surface area contributed by atoms with E-state index in [2.05, 4.69) is 15.5 Å². The molecule has 3 aliphatic rings. The molecule has 1 aromatic heterocycles. The van der Waals surface area contributed by atoms with Crippen molar-refractivity contribution in [1.82, 2.24) is 20.1 Å². The van der Waals surface area contributed by atoms with E-state index in [0.717, 1.165) is 50.0 Å². The van der Waals surface area contributed by atoms with Gasteiger partial charge in [-0.2, -0.15) is 0 Å². The molecular weight excluding hydrogens is 264 g/mol. The molecule has 114 valence electrons. The second kappa shape index (κ2) is 5.43. The maximum Gasteiger partial charge on any atom is 0.289 e. The van der Waals surface area contributed by atoms with Crippen LogP contribution < -0.4 is 5.32 Å². The number of amides is 1. The highest BCUT2D eigenvalue weighted by Gasteiger charge is 2.39. The number of aromatic nitrogens is 3. The molecule has 0 unspecified atom stereocenters. The summed E-state index contributed by atoms with van der Waals surface area (Å²) in [4.78, 5) is 12.4. The van der Waals surface area contributed by atoms with Crippen molar-refractivity contribution in [2.45, 2.75) is 57.9 Å². The van der Waals surface area contributed by atoms with Crippen molar-refractivity contribution >= 4 is 5.91 Å². The van der Waals surface area contributed by atoms with Crippen LogP contribution >= 0.6 is 0 Å². The van der Waals surface area contributed by atoms with Gasteiger partial charge in [0, 0.05) is 19.5 Å². The molecule has 21 heavy (non-hydrogen) atoms. The average Bonchev–Trinajstić information content (AvgIpc) is 3.20. The van der Waals surface area contributed by atoms with Crippen LogP contribution in [0.15, 0.2) is 0 Å². The second-order valence-electron chi connectivity index (χ2n) is 6.95. The molecule has 0 bridgehead atoms. The summed E-state index contributed by atoms with van der Waals surface area (Å²) in [5, 5.41) is 11.4. The maximum absolute atomic E-state index is 12.4. The van der Waals surface area contributed by atoms with Gasteiger partial charge < -0.3 is 9.88 Å². The van der Waals surface area contributed by atoms with Gasteiger partial charge in [-0.25, -0.2) is 0 Å². The van der Waals surface area contributed by atoms with Crippen molar-refractivity contribution in [2.24, 2.45) is 17.8 Å². The Morgan fingerprint density at radius 3 is 3.05 bits per heavy atom. The van der Waals surface area contributed by atoms with Crippen LogP contribution in [0, 0.1) is 17.8 Å². The monoisotopic (exact) mass is 288 g/mol. The quantitative estimate of drug-likeness (QED) is 0.927. The number of fused-ring (bicyclic) bond motifs is 2. The van der Waals surface area contributed by atoms with Crippen molar-refractivity contribution in [2.75, 3.05) is 6.54 Å². The molecule has 4 rings (SSSR count). The Bertz CT molecular complexity index is 538. The van der Waals surface area contributed by atoms with E-state index in [1.807, 2.05) is 4.57 Å². The number of carbonyl (C=O) groups excluding carboxylic acids is 1. The van der Waals surface area contributed by atoms with Crippen molar-refractivity contribution in [3.05, 3.63) is 11.6 Å². The lowest BCUT2D eigenvalue weighted by atomic mass is 9.92. The summed E-state index contributed by atoms with van der Waals surface area (Å²) in [7, 11) is 0. The van der Waals surface area contributed by atoms with Gasteiger partial charge >= 0.3 is 0 Å². The minimum atomic E-state index is -0.0305. The molecule has 5 heteroatoms. The highest BCUT2D eigenvalue weighted by atomic mass is 16.2. The fourth-order valence-electron chi connectivity index (χ4n) is 4.72. The van der Waals surface area contributed by atoms with E-state index in [-0.39, 0.29) is 5.91 Å². The van der Waals surface area contributed by atoms with Crippen LogP contribution in [0.25, 0.3) is 0 Å². The minimum Gasteiger partial charge on any atom is -0.349 e. The van der Waals surface area contributed by atoms with E-state index in [9.17, 15) is 4.79 Å². The van der Waals surface area contributed by atoms with E-state index in [0.29, 0.717) is 11.7 Å². The summed E-state index contributed by atoms with van der Waals surface area (Å²) in [5.41, 5.74) is 0. The average molecular weight is 288 g/mol. The number of hydrogen-bond acceptors (Lipinski definition) is 3. The summed E-state index contributed by atoms with van der Waals surface area (Å²) in [6.07, 6.45) is 10.0. The normalized spacial score (nSPS) is 31.0. The zero-order chi connectivity index (χ0) is 14.2. The minimum absolute atomic E-state index is 0.0305. The molecule has 2 saturated carbocycles. The Morgan fingerprint density at radius 2 is 2.10 bits per heavy atom. The standard InChI is InChI=1S/C16H24N4O/c21-16(15-19-18-14-6-1-2-9-20(14)15)17-10-12-8-7-11-4-3-5-13(11)12/h11-13H,1-10H2,(H,17,21)/t11-,12+,13-/m0/s1. The predicted octanol–water partition coefficient (Wildman–Crippen LogP) is 2.17. The highest BCUT2D eigenvalue weighted by molar-refractivity contribution is 5.90. The van der Waals surface area contributed by atoms with Gasteiger partial charge in [-0.1, -0.05) is 12.8 Å². The van der Waals surface area contributed by atoms with Gasteiger partial charge in [0.15, 0.2) is 0 Å². The Labute approximate surface area is 125 Å². The lowest BCUT2D eigenvalue weighted by Gasteiger charge is -2.19. The number of rotatable bonds is 3. The van der Waals surface area contributed by atoms with Crippen molar-refractivity contribution in [3.63, 3.8) is 0 Å². The van der Waals surface area contributed by atoms with E-state index >= 15 is 0 Å². The lowest BCUT2D eigenvalue weighted by molar-refractivity contribution is 0.0927. The van der Waals surface area contributed by atoms with E-state index in [4.69, 9.17) is 0 Å². The summed E-state index contributed by atoms with van der Waals surface area (Å²) >= 11 is 0. The van der Waals surface area contributed by atoms with Crippen LogP contribution in [-0.2, 0) is 13.0 Å². The summed E-state index contributed by atoms with van der Waals surface area (Å²) in [5.74, 6) is 3.95. The van der Waals surface area contributed by atoms with Gasteiger partial charge in [0.25, 0.3) is 5.91 Å². The third-order valence-corrected chi connectivity index (χ3v) is 5.82. The van der Waals surface area contributed by atoms with Gasteiger partial charge in [-0.15, -0.1) is 10.2 Å². The lowest BCUT2D eigenvalue weighted by Crippen LogP contribution is -2.33. The number of nitrogens with one attached hydrogen (secondary N) is 1. The molecule has 5 nitrogen and oxygen atoms in total. The zero-order valence-electron chi connectivity index (χ0n) is 12.6. The molecule has 1 aliphatic heterocycles. The van der Waals surface area contributed by atoms with E-state index in [1.165, 1.54) is 32.1 Å². The largest absolute Gasteiger partial charge is 0.349 e. The SMILES string of the molecule is O=C(NC[C@H]1CC[C@@H]2CCC[C@@H]21)c1nnc2n1CCCC2. The van der Waals surface area contributed by atoms with Gasteiger partial charge in [-0.05, 0) is 49.9 Å². The molecule has 1 aromatic rings. The molecule has 3 atom stereocenters. The first kappa shape index (κ1) is 13.3. The molecule has 2 heterocycles. The topological polar surface area (TPSA) is 59.8 Å².